The number of rotatable bonds is 0. The third-order valence-electron chi connectivity index (χ3n) is 2.17. The van der Waals surface area contributed by atoms with E-state index in [2.05, 4.69) is 0 Å². The summed E-state index contributed by atoms with van der Waals surface area (Å²) in [4.78, 5) is 0. The van der Waals surface area contributed by atoms with Crippen LogP contribution in [0.5, 0.6) is 0 Å². The van der Waals surface area contributed by atoms with E-state index in [4.69, 9.17) is 51.1 Å². The van der Waals surface area contributed by atoms with Crippen LogP contribution in [0.25, 0.3) is 0 Å². The second kappa shape index (κ2) is 3.04. The van der Waals surface area contributed by atoms with Crippen molar-refractivity contribution in [3.8, 4) is 0 Å². The summed E-state index contributed by atoms with van der Waals surface area (Å²) in [6.07, 6.45) is 6.30. The van der Waals surface area contributed by atoms with E-state index >= 15 is 0 Å². The summed E-state index contributed by atoms with van der Waals surface area (Å²) in [5.74, 6) is -0.157. The van der Waals surface area contributed by atoms with Crippen molar-refractivity contribution in [2.24, 2.45) is 5.92 Å². The molecule has 1 saturated heterocycles. The van der Waals surface area contributed by atoms with E-state index in [0.29, 0.717) is 6.42 Å². The molecular weight excluding hydrogens is 254 g/mol. The first kappa shape index (κ1) is 10.1. The van der Waals surface area contributed by atoms with Crippen LogP contribution in [0, 0.1) is 5.92 Å². The number of alkyl halides is 4. The van der Waals surface area contributed by atoms with Gasteiger partial charge in [-0.25, -0.2) is 0 Å². The summed E-state index contributed by atoms with van der Waals surface area (Å²) < 4.78 is 2.43. The summed E-state index contributed by atoms with van der Waals surface area (Å²) in [5.41, 5.74) is 0.725. The molecule has 1 unspecified atom stereocenters. The lowest BCUT2D eigenvalue weighted by molar-refractivity contribution is 0.0802. The van der Waals surface area contributed by atoms with Crippen molar-refractivity contribution in [2.45, 2.75) is 15.5 Å². The summed E-state index contributed by atoms with van der Waals surface area (Å²) >= 11 is 23.6. The predicted molar refractivity (Wildman–Crippen MR) is 55.3 cm³/mol. The fraction of sp³-hybridized carbons (Fsp3) is 0.500. The second-order valence-electron chi connectivity index (χ2n) is 3.02. The van der Waals surface area contributed by atoms with Crippen LogP contribution < -0.4 is 0 Å². The quantitative estimate of drug-likeness (QED) is 0.602. The van der Waals surface area contributed by atoms with Crippen molar-refractivity contribution in [3.05, 3.63) is 23.8 Å². The average molecular weight is 260 g/mol. The second-order valence-corrected chi connectivity index (χ2v) is 5.59. The van der Waals surface area contributed by atoms with Crippen LogP contribution in [-0.4, -0.2) is 9.04 Å². The molecule has 0 aromatic heterocycles. The maximum atomic E-state index is 5.93. The first-order valence-corrected chi connectivity index (χ1v) is 5.28. The van der Waals surface area contributed by atoms with Crippen LogP contribution in [0.15, 0.2) is 23.8 Å². The summed E-state index contributed by atoms with van der Waals surface area (Å²) in [7, 11) is 0. The molecule has 0 spiro atoms. The Kier molecular flexibility index (Phi) is 2.37. The molecule has 1 nitrogen and oxygen atoms in total. The lowest BCUT2D eigenvalue weighted by atomic mass is 9.94. The normalized spacial score (nSPS) is 34.2. The molecule has 13 heavy (non-hydrogen) atoms. The molecule has 72 valence electrons. The minimum Gasteiger partial charge on any atom is -0.306 e. The zero-order valence-electron chi connectivity index (χ0n) is 6.44. The fourth-order valence-electron chi connectivity index (χ4n) is 1.55. The molecule has 1 atom stereocenters. The molecule has 2 aliphatic rings. The Bertz CT molecular complexity index is 293. The molecule has 0 amide bonds. The van der Waals surface area contributed by atoms with Gasteiger partial charge < -0.3 is 4.74 Å². The average Bonchev–Trinajstić information content (AvgIpc) is 2.20. The monoisotopic (exact) mass is 258 g/mol. The van der Waals surface area contributed by atoms with Gasteiger partial charge in [0.15, 0.2) is 0 Å². The van der Waals surface area contributed by atoms with Crippen LogP contribution in [-0.2, 0) is 4.74 Å². The summed E-state index contributed by atoms with van der Waals surface area (Å²) in [6.45, 7) is 0. The minimum atomic E-state index is -1.39. The Morgan fingerprint density at radius 3 is 2.62 bits per heavy atom. The molecule has 0 N–H and O–H groups in total. The van der Waals surface area contributed by atoms with Gasteiger partial charge in [-0.15, -0.1) is 0 Å². The topological polar surface area (TPSA) is 9.23 Å². The maximum Gasteiger partial charge on any atom is 0.243 e. The largest absolute Gasteiger partial charge is 0.306 e. The molecule has 0 saturated carbocycles. The molecule has 0 aromatic carbocycles. The highest BCUT2D eigenvalue weighted by Crippen LogP contribution is 2.57. The maximum absolute atomic E-state index is 5.93. The Morgan fingerprint density at radius 1 is 1.31 bits per heavy atom. The van der Waals surface area contributed by atoms with E-state index in [9.17, 15) is 0 Å². The molecule has 2 rings (SSSR count). The van der Waals surface area contributed by atoms with E-state index in [-0.39, 0.29) is 5.92 Å². The van der Waals surface area contributed by atoms with E-state index < -0.39 is 9.04 Å². The van der Waals surface area contributed by atoms with Gasteiger partial charge in [-0.2, -0.15) is 0 Å². The highest BCUT2D eigenvalue weighted by atomic mass is 35.5. The highest BCUT2D eigenvalue weighted by Gasteiger charge is 2.56. The lowest BCUT2D eigenvalue weighted by Crippen LogP contribution is -2.22. The van der Waals surface area contributed by atoms with E-state index in [0.717, 1.165) is 5.57 Å². The summed E-state index contributed by atoms with van der Waals surface area (Å²) in [5, 5.41) is 0. The van der Waals surface area contributed by atoms with Crippen molar-refractivity contribution in [2.75, 3.05) is 0 Å². The zero-order chi connectivity index (χ0) is 9.69. The van der Waals surface area contributed by atoms with Crippen LogP contribution in [0.1, 0.15) is 6.42 Å². The first-order valence-electron chi connectivity index (χ1n) is 3.76. The van der Waals surface area contributed by atoms with Gasteiger partial charge in [0.2, 0.25) is 9.04 Å². The molecule has 0 radical (unpaired) electrons. The van der Waals surface area contributed by atoms with Gasteiger partial charge in [0.05, 0.1) is 0 Å². The third-order valence-corrected chi connectivity index (χ3v) is 3.44. The number of hydrogen-bond donors (Lipinski definition) is 0. The van der Waals surface area contributed by atoms with Crippen molar-refractivity contribution in [1.29, 1.82) is 0 Å². The van der Waals surface area contributed by atoms with E-state index in [1.807, 2.05) is 12.2 Å². The van der Waals surface area contributed by atoms with Crippen LogP contribution in [0.3, 0.4) is 0 Å². The van der Waals surface area contributed by atoms with Crippen LogP contribution in [0.4, 0.5) is 0 Å². The number of halogens is 4. The van der Waals surface area contributed by atoms with Gasteiger partial charge in [0.25, 0.3) is 0 Å². The van der Waals surface area contributed by atoms with Gasteiger partial charge in [0.1, 0.15) is 0 Å². The van der Waals surface area contributed by atoms with Gasteiger partial charge in [-0.3, -0.25) is 0 Å². The smallest absolute Gasteiger partial charge is 0.243 e. The van der Waals surface area contributed by atoms with Crippen molar-refractivity contribution < 1.29 is 4.74 Å². The third kappa shape index (κ3) is 1.62. The minimum absolute atomic E-state index is 0.157. The van der Waals surface area contributed by atoms with Gasteiger partial charge in [-0.05, 0) is 6.42 Å². The molecule has 1 fully saturated rings. The molecule has 0 bridgehead atoms. The van der Waals surface area contributed by atoms with Gasteiger partial charge >= 0.3 is 0 Å². The van der Waals surface area contributed by atoms with Gasteiger partial charge in [-0.1, -0.05) is 64.6 Å². The molecular formula is C8H6Cl4O. The highest BCUT2D eigenvalue weighted by molar-refractivity contribution is 6.53. The Labute approximate surface area is 96.2 Å². The van der Waals surface area contributed by atoms with Crippen LogP contribution >= 0.6 is 46.4 Å². The van der Waals surface area contributed by atoms with Gasteiger partial charge in [0, 0.05) is 11.5 Å². The van der Waals surface area contributed by atoms with Crippen molar-refractivity contribution >= 4 is 46.4 Å². The standard InChI is InChI=1S/C8H6Cl4O/c9-7(10)5-3-1-2-4-6(5)8(11,12)13-7/h1-3,6H,4H2. The Hall–Kier alpha value is 0.600. The molecule has 0 aromatic rings. The number of ether oxygens (including phenoxy) is 1. The summed E-state index contributed by atoms with van der Waals surface area (Å²) in [6, 6.07) is 0. The van der Waals surface area contributed by atoms with E-state index in [1.165, 1.54) is 0 Å². The number of hydrogen-bond acceptors (Lipinski definition) is 1. The zero-order valence-corrected chi connectivity index (χ0v) is 9.46. The number of fused-ring (bicyclic) bond motifs is 1. The molecule has 1 heterocycles. The first-order chi connectivity index (χ1) is 5.93. The molecule has 1 aliphatic carbocycles. The SMILES string of the molecule is ClC1(Cl)OC(Cl)(Cl)C2CC=CC=C21. The fourth-order valence-corrected chi connectivity index (χ4v) is 2.98. The van der Waals surface area contributed by atoms with E-state index in [1.54, 1.807) is 6.08 Å². The lowest BCUT2D eigenvalue weighted by Gasteiger charge is -2.20. The van der Waals surface area contributed by atoms with Crippen LogP contribution in [0.2, 0.25) is 0 Å². The molecule has 1 aliphatic heterocycles. The Balaban J connectivity index is 2.43. The Morgan fingerprint density at radius 2 is 2.00 bits per heavy atom. The van der Waals surface area contributed by atoms with Crippen molar-refractivity contribution in [3.63, 3.8) is 0 Å². The number of allylic oxidation sites excluding steroid dienone is 3. The van der Waals surface area contributed by atoms with Crippen molar-refractivity contribution in [1.82, 2.24) is 0 Å². The molecule has 5 heteroatoms. The predicted octanol–water partition coefficient (Wildman–Crippen LogP) is 3.78.